The molecule has 150 valence electrons. The third kappa shape index (κ3) is 3.16. The van der Waals surface area contributed by atoms with E-state index in [0.717, 1.165) is 51.9 Å². The summed E-state index contributed by atoms with van der Waals surface area (Å²) in [7, 11) is 1.61. The summed E-state index contributed by atoms with van der Waals surface area (Å²) in [6.45, 7) is 3.20. The first-order valence-electron chi connectivity index (χ1n) is 10.4. The minimum Gasteiger partial charge on any atom is -0.481 e. The topological polar surface area (TPSA) is 58.6 Å². The summed E-state index contributed by atoms with van der Waals surface area (Å²) in [5.41, 5.74) is 3.77. The number of carbonyl (C=O) groups excluding carboxylic acids is 1. The van der Waals surface area contributed by atoms with Gasteiger partial charge in [-0.3, -0.25) is 4.79 Å². The molecule has 0 unspecified atom stereocenters. The van der Waals surface area contributed by atoms with Gasteiger partial charge in [-0.15, -0.1) is 0 Å². The second-order valence-corrected chi connectivity index (χ2v) is 8.23. The number of nitrogens with zero attached hydrogens (tertiary/aromatic N) is 4. The number of carbonyl (C=O) groups is 1. The van der Waals surface area contributed by atoms with Crippen molar-refractivity contribution in [1.82, 2.24) is 14.9 Å². The highest BCUT2D eigenvalue weighted by molar-refractivity contribution is 5.87. The summed E-state index contributed by atoms with van der Waals surface area (Å²) < 4.78 is 5.21. The number of hydrogen-bond donors (Lipinski definition) is 0. The smallest absolute Gasteiger partial charge is 0.229 e. The molecule has 6 heteroatoms. The molecule has 0 atom stereocenters. The van der Waals surface area contributed by atoms with Gasteiger partial charge in [-0.25, -0.2) is 4.98 Å². The van der Waals surface area contributed by atoms with Crippen LogP contribution in [0.5, 0.6) is 5.88 Å². The third-order valence-electron chi connectivity index (χ3n) is 6.72. The molecule has 5 rings (SSSR count). The van der Waals surface area contributed by atoms with Gasteiger partial charge in [0.2, 0.25) is 17.7 Å². The highest BCUT2D eigenvalue weighted by Crippen LogP contribution is 2.43. The van der Waals surface area contributed by atoms with Crippen LogP contribution in [0.15, 0.2) is 42.6 Å². The van der Waals surface area contributed by atoms with E-state index >= 15 is 0 Å². The summed E-state index contributed by atoms with van der Waals surface area (Å²) in [6, 6.07) is 10.3. The minimum absolute atomic E-state index is 0.214. The molecule has 1 amide bonds. The Bertz CT molecular complexity index is 963. The quantitative estimate of drug-likeness (QED) is 0.803. The molecule has 1 spiro atoms. The van der Waals surface area contributed by atoms with Crippen molar-refractivity contribution in [1.29, 1.82) is 0 Å². The first-order valence-corrected chi connectivity index (χ1v) is 10.4. The Morgan fingerprint density at radius 3 is 2.72 bits per heavy atom. The number of aromatic nitrogens is 2. The van der Waals surface area contributed by atoms with Crippen LogP contribution in [0.1, 0.15) is 30.4 Å². The summed E-state index contributed by atoms with van der Waals surface area (Å²) in [6.07, 6.45) is 7.66. The molecule has 0 saturated carbocycles. The maximum Gasteiger partial charge on any atom is 0.229 e. The summed E-state index contributed by atoms with van der Waals surface area (Å²) >= 11 is 0. The molecule has 3 aliphatic rings. The standard InChI is InChI=1S/C23H26N4O2/c1-29-20-8-12-24-22(25-20)26-13-9-23(10-14-26)11-15-27(21(23)28)16-18-7-6-17-4-2-3-5-19(17)18/h2-5,7-8,12H,6,9-11,13-16H2,1H3. The number of rotatable bonds is 4. The molecule has 29 heavy (non-hydrogen) atoms. The van der Waals surface area contributed by atoms with Crippen LogP contribution in [-0.2, 0) is 11.2 Å². The SMILES string of the molecule is COc1ccnc(N2CCC3(CCN(CC4=CCc5ccccc54)C3=O)CC2)n1. The molecule has 0 bridgehead atoms. The normalized spacial score (nSPS) is 20.2. The zero-order chi connectivity index (χ0) is 19.8. The van der Waals surface area contributed by atoms with Gasteiger partial charge >= 0.3 is 0 Å². The van der Waals surface area contributed by atoms with Gasteiger partial charge in [0.05, 0.1) is 12.5 Å². The molecule has 0 radical (unpaired) electrons. The molecular formula is C23H26N4O2. The Balaban J connectivity index is 1.25. The lowest BCUT2D eigenvalue weighted by Crippen LogP contribution is -2.45. The first-order chi connectivity index (χ1) is 14.2. The van der Waals surface area contributed by atoms with Crippen LogP contribution in [0.2, 0.25) is 0 Å². The fourth-order valence-corrected chi connectivity index (χ4v) is 4.95. The molecule has 1 aliphatic carbocycles. The van der Waals surface area contributed by atoms with Crippen LogP contribution in [0.4, 0.5) is 5.95 Å². The summed E-state index contributed by atoms with van der Waals surface area (Å²) in [5.74, 6) is 1.59. The zero-order valence-electron chi connectivity index (χ0n) is 16.8. The van der Waals surface area contributed by atoms with Crippen molar-refractivity contribution in [3.8, 4) is 5.88 Å². The van der Waals surface area contributed by atoms with Gasteiger partial charge in [-0.2, -0.15) is 4.98 Å². The average molecular weight is 390 g/mol. The van der Waals surface area contributed by atoms with E-state index in [2.05, 4.69) is 50.1 Å². The average Bonchev–Trinajstić information content (AvgIpc) is 3.31. The van der Waals surface area contributed by atoms with Crippen LogP contribution < -0.4 is 9.64 Å². The van der Waals surface area contributed by atoms with E-state index in [1.165, 1.54) is 16.7 Å². The highest BCUT2D eigenvalue weighted by Gasteiger charge is 2.48. The van der Waals surface area contributed by atoms with Gasteiger partial charge in [0.1, 0.15) is 0 Å². The molecule has 3 heterocycles. The second kappa shape index (κ2) is 7.17. The number of allylic oxidation sites excluding steroid dienone is 1. The van der Waals surface area contributed by atoms with Gasteiger partial charge in [0, 0.05) is 38.4 Å². The van der Waals surface area contributed by atoms with Gasteiger partial charge in [0.25, 0.3) is 0 Å². The molecule has 1 aromatic carbocycles. The van der Waals surface area contributed by atoms with Crippen molar-refractivity contribution in [3.63, 3.8) is 0 Å². The minimum atomic E-state index is -0.214. The summed E-state index contributed by atoms with van der Waals surface area (Å²) in [5, 5.41) is 0. The first kappa shape index (κ1) is 18.2. The number of fused-ring (bicyclic) bond motifs is 1. The monoisotopic (exact) mass is 390 g/mol. The van der Waals surface area contributed by atoms with Crippen molar-refractivity contribution < 1.29 is 9.53 Å². The van der Waals surface area contributed by atoms with E-state index < -0.39 is 0 Å². The van der Waals surface area contributed by atoms with Crippen LogP contribution in [0.25, 0.3) is 5.57 Å². The maximum atomic E-state index is 13.4. The lowest BCUT2D eigenvalue weighted by molar-refractivity contribution is -0.136. The predicted octanol–water partition coefficient (Wildman–Crippen LogP) is 2.94. The zero-order valence-corrected chi connectivity index (χ0v) is 16.8. The van der Waals surface area contributed by atoms with Crippen LogP contribution in [0, 0.1) is 5.41 Å². The van der Waals surface area contributed by atoms with Crippen molar-refractivity contribution in [3.05, 3.63) is 53.7 Å². The molecule has 1 aromatic heterocycles. The fraction of sp³-hybridized carbons (Fsp3) is 0.435. The summed E-state index contributed by atoms with van der Waals surface area (Å²) in [4.78, 5) is 26.4. The lowest BCUT2D eigenvalue weighted by Gasteiger charge is -2.38. The Morgan fingerprint density at radius 1 is 1.10 bits per heavy atom. The van der Waals surface area contributed by atoms with E-state index in [0.29, 0.717) is 17.7 Å². The second-order valence-electron chi connectivity index (χ2n) is 8.23. The Labute approximate surface area is 171 Å². The predicted molar refractivity (Wildman–Crippen MR) is 112 cm³/mol. The van der Waals surface area contributed by atoms with Gasteiger partial charge < -0.3 is 14.5 Å². The highest BCUT2D eigenvalue weighted by atomic mass is 16.5. The van der Waals surface area contributed by atoms with E-state index in [9.17, 15) is 4.79 Å². The number of methoxy groups -OCH3 is 1. The number of amides is 1. The lowest BCUT2D eigenvalue weighted by atomic mass is 9.77. The number of piperidine rings is 1. The van der Waals surface area contributed by atoms with Crippen LogP contribution >= 0.6 is 0 Å². The van der Waals surface area contributed by atoms with Crippen molar-refractivity contribution in [2.75, 3.05) is 38.2 Å². The number of ether oxygens (including phenoxy) is 1. The van der Waals surface area contributed by atoms with E-state index in [4.69, 9.17) is 4.74 Å². The number of anilines is 1. The van der Waals surface area contributed by atoms with Crippen molar-refractivity contribution >= 4 is 17.4 Å². The number of hydrogen-bond acceptors (Lipinski definition) is 5. The third-order valence-corrected chi connectivity index (χ3v) is 6.72. The van der Waals surface area contributed by atoms with E-state index in [-0.39, 0.29) is 5.41 Å². The molecule has 2 saturated heterocycles. The van der Waals surface area contributed by atoms with Crippen LogP contribution in [0.3, 0.4) is 0 Å². The van der Waals surface area contributed by atoms with Crippen molar-refractivity contribution in [2.24, 2.45) is 5.41 Å². The van der Waals surface area contributed by atoms with E-state index in [1.54, 1.807) is 19.4 Å². The molecule has 0 N–H and O–H groups in total. The van der Waals surface area contributed by atoms with Crippen LogP contribution in [-0.4, -0.2) is 54.1 Å². The molecular weight excluding hydrogens is 364 g/mol. The van der Waals surface area contributed by atoms with E-state index in [1.807, 2.05) is 0 Å². The molecule has 6 nitrogen and oxygen atoms in total. The maximum absolute atomic E-state index is 13.4. The van der Waals surface area contributed by atoms with Gasteiger partial charge in [-0.1, -0.05) is 30.3 Å². The Hall–Kier alpha value is -2.89. The van der Waals surface area contributed by atoms with Crippen molar-refractivity contribution in [2.45, 2.75) is 25.7 Å². The number of likely N-dealkylation sites (tertiary alicyclic amines) is 1. The Morgan fingerprint density at radius 2 is 1.90 bits per heavy atom. The molecule has 2 fully saturated rings. The number of benzene rings is 1. The molecule has 2 aromatic rings. The fourth-order valence-electron chi connectivity index (χ4n) is 4.95. The molecule has 2 aliphatic heterocycles. The largest absolute Gasteiger partial charge is 0.481 e. The Kier molecular flexibility index (Phi) is 4.49. The van der Waals surface area contributed by atoms with Gasteiger partial charge in [-0.05, 0) is 42.4 Å². The van der Waals surface area contributed by atoms with Gasteiger partial charge in [0.15, 0.2) is 0 Å².